The Bertz CT molecular complexity index is 1630. The van der Waals surface area contributed by atoms with Crippen LogP contribution in [0, 0.1) is 6.92 Å². The molecule has 1 atom stereocenters. The second-order valence-electron chi connectivity index (χ2n) is 8.85. The van der Waals surface area contributed by atoms with Crippen molar-refractivity contribution in [1.29, 1.82) is 0 Å². The van der Waals surface area contributed by atoms with Crippen LogP contribution in [0.5, 0.6) is 11.5 Å². The lowest BCUT2D eigenvalue weighted by molar-refractivity contribution is 0.376. The molecule has 1 N–H and O–H groups in total. The highest BCUT2D eigenvalue weighted by Crippen LogP contribution is 2.61. The summed E-state index contributed by atoms with van der Waals surface area (Å²) in [5.74, 6) is -0.436. The van der Waals surface area contributed by atoms with Crippen LogP contribution in [0.25, 0.3) is 5.69 Å². The molecular weight excluding hydrogens is 533 g/mol. The van der Waals surface area contributed by atoms with Gasteiger partial charge in [0, 0.05) is 17.6 Å². The van der Waals surface area contributed by atoms with Crippen LogP contribution in [-0.2, 0) is 11.6 Å². The molecule has 5 rings (SSSR count). The van der Waals surface area contributed by atoms with Crippen molar-refractivity contribution in [2.75, 3.05) is 5.32 Å². The molecule has 4 aromatic carbocycles. The van der Waals surface area contributed by atoms with E-state index < -0.39 is 13.4 Å². The van der Waals surface area contributed by atoms with E-state index in [9.17, 15) is 9.36 Å². The first kappa shape index (κ1) is 26.4. The minimum Gasteiger partial charge on any atom is -0.414 e. The third-order valence-electron chi connectivity index (χ3n) is 6.30. The first-order valence-corrected chi connectivity index (χ1v) is 14.3. The van der Waals surface area contributed by atoms with Gasteiger partial charge in [0.1, 0.15) is 17.2 Å². The fraction of sp³-hybridized carbons (Fsp3) is 0.100. The summed E-state index contributed by atoms with van der Waals surface area (Å²) in [6.07, 6.45) is 0. The molecular formula is C30H27ClN3O4P. The third kappa shape index (κ3) is 5.51. The van der Waals surface area contributed by atoms with Crippen molar-refractivity contribution in [3.63, 3.8) is 0 Å². The molecule has 5 aromatic rings. The Kier molecular flexibility index (Phi) is 7.64. The van der Waals surface area contributed by atoms with Crippen molar-refractivity contribution in [3.8, 4) is 17.2 Å². The van der Waals surface area contributed by atoms with Crippen LogP contribution in [0.3, 0.4) is 0 Å². The van der Waals surface area contributed by atoms with E-state index in [0.717, 1.165) is 0 Å². The molecule has 0 bridgehead atoms. The standard InChI is InChI=1S/C30H27ClN3O4P/c1-22-28(30(35)34(33(22)2)23-14-6-3-7-15-23)32-29(26-20-12-13-21-27(26)31)39(36,37-24-16-8-4-9-17-24)38-25-18-10-5-11-19-25/h3-21,29,32H,1-2H3. The molecule has 7 nitrogen and oxygen atoms in total. The zero-order valence-electron chi connectivity index (χ0n) is 21.4. The molecule has 0 aliphatic heterocycles. The largest absolute Gasteiger partial charge is 0.457 e. The SMILES string of the molecule is Cc1c(NC(c2ccccc2Cl)P(=O)(Oc2ccccc2)Oc2ccccc2)c(=O)n(-c2ccccc2)n1C. The minimum atomic E-state index is -4.16. The van der Waals surface area contributed by atoms with E-state index >= 15 is 0 Å². The van der Waals surface area contributed by atoms with E-state index in [-0.39, 0.29) is 11.2 Å². The summed E-state index contributed by atoms with van der Waals surface area (Å²) in [7, 11) is -2.37. The molecule has 1 aromatic heterocycles. The highest BCUT2D eigenvalue weighted by Gasteiger charge is 2.43. The van der Waals surface area contributed by atoms with Crippen molar-refractivity contribution in [3.05, 3.63) is 142 Å². The number of para-hydroxylation sites is 3. The van der Waals surface area contributed by atoms with Gasteiger partial charge >= 0.3 is 7.60 Å². The van der Waals surface area contributed by atoms with Gasteiger partial charge in [-0.2, -0.15) is 0 Å². The van der Waals surface area contributed by atoms with Crippen LogP contribution in [0.2, 0.25) is 5.02 Å². The van der Waals surface area contributed by atoms with E-state index in [1.54, 1.807) is 89.2 Å². The number of aromatic nitrogens is 2. The molecule has 0 radical (unpaired) electrons. The molecule has 0 fully saturated rings. The Balaban J connectivity index is 1.67. The Morgan fingerprint density at radius 2 is 1.26 bits per heavy atom. The number of nitrogens with zero attached hydrogens (tertiary/aromatic N) is 2. The van der Waals surface area contributed by atoms with Gasteiger partial charge in [-0.15, -0.1) is 0 Å². The third-order valence-corrected chi connectivity index (χ3v) is 8.62. The lowest BCUT2D eigenvalue weighted by atomic mass is 10.2. The minimum absolute atomic E-state index is 0.250. The zero-order chi connectivity index (χ0) is 27.4. The summed E-state index contributed by atoms with van der Waals surface area (Å²) in [6.45, 7) is 1.81. The summed E-state index contributed by atoms with van der Waals surface area (Å²) >= 11 is 6.65. The van der Waals surface area contributed by atoms with Gasteiger partial charge < -0.3 is 14.4 Å². The maximum absolute atomic E-state index is 14.9. The van der Waals surface area contributed by atoms with Gasteiger partial charge in [-0.1, -0.05) is 84.4 Å². The normalized spacial score (nSPS) is 12.1. The predicted octanol–water partition coefficient (Wildman–Crippen LogP) is 7.60. The Hall–Kier alpha value is -4.19. The quantitative estimate of drug-likeness (QED) is 0.188. The van der Waals surface area contributed by atoms with E-state index in [4.69, 9.17) is 20.6 Å². The average molecular weight is 560 g/mol. The van der Waals surface area contributed by atoms with Crippen molar-refractivity contribution in [2.45, 2.75) is 12.7 Å². The van der Waals surface area contributed by atoms with Gasteiger partial charge in [0.25, 0.3) is 5.56 Å². The number of rotatable bonds is 9. The van der Waals surface area contributed by atoms with E-state index in [2.05, 4.69) is 5.32 Å². The maximum atomic E-state index is 14.9. The highest BCUT2D eigenvalue weighted by molar-refractivity contribution is 7.55. The van der Waals surface area contributed by atoms with Gasteiger partial charge in [-0.3, -0.25) is 9.48 Å². The smallest absolute Gasteiger partial charge is 0.414 e. The summed E-state index contributed by atoms with van der Waals surface area (Å²) in [5.41, 5.74) is 1.72. The molecule has 1 unspecified atom stereocenters. The molecule has 198 valence electrons. The fourth-order valence-corrected chi connectivity index (χ4v) is 6.53. The molecule has 1 heterocycles. The van der Waals surface area contributed by atoms with Gasteiger partial charge in [0.05, 0.1) is 11.4 Å². The molecule has 0 amide bonds. The van der Waals surface area contributed by atoms with Crippen LogP contribution >= 0.6 is 19.2 Å². The van der Waals surface area contributed by atoms with Crippen LogP contribution in [-0.4, -0.2) is 9.36 Å². The summed E-state index contributed by atoms with van der Waals surface area (Å²) < 4.78 is 30.5. The number of anilines is 1. The molecule has 0 saturated carbocycles. The fourth-order valence-electron chi connectivity index (χ4n) is 4.28. The van der Waals surface area contributed by atoms with Crippen molar-refractivity contribution >= 4 is 24.9 Å². The van der Waals surface area contributed by atoms with E-state index in [1.807, 2.05) is 49.4 Å². The van der Waals surface area contributed by atoms with Gasteiger partial charge in [-0.05, 0) is 49.4 Å². The van der Waals surface area contributed by atoms with Gasteiger partial charge in [-0.25, -0.2) is 9.25 Å². The van der Waals surface area contributed by atoms with Crippen molar-refractivity contribution < 1.29 is 13.6 Å². The van der Waals surface area contributed by atoms with Crippen LogP contribution in [0.1, 0.15) is 17.0 Å². The second-order valence-corrected chi connectivity index (χ2v) is 11.2. The van der Waals surface area contributed by atoms with Gasteiger partial charge in [0.2, 0.25) is 0 Å². The number of halogens is 1. The Morgan fingerprint density at radius 3 is 1.79 bits per heavy atom. The predicted molar refractivity (Wildman–Crippen MR) is 155 cm³/mol. The van der Waals surface area contributed by atoms with Gasteiger partial charge in [0.15, 0.2) is 5.78 Å². The molecule has 9 heteroatoms. The molecule has 0 aliphatic carbocycles. The average Bonchev–Trinajstić information content (AvgIpc) is 3.16. The molecule has 0 spiro atoms. The number of nitrogens with one attached hydrogen (secondary N) is 1. The number of benzene rings is 4. The van der Waals surface area contributed by atoms with Crippen molar-refractivity contribution in [1.82, 2.24) is 9.36 Å². The Labute approximate surface area is 231 Å². The second kappa shape index (κ2) is 11.3. The molecule has 0 saturated heterocycles. The van der Waals surface area contributed by atoms with Crippen LogP contribution < -0.4 is 19.9 Å². The van der Waals surface area contributed by atoms with E-state index in [0.29, 0.717) is 33.5 Å². The highest BCUT2D eigenvalue weighted by atomic mass is 35.5. The maximum Gasteiger partial charge on any atom is 0.457 e. The molecule has 39 heavy (non-hydrogen) atoms. The lowest BCUT2D eigenvalue weighted by Crippen LogP contribution is -2.24. The van der Waals surface area contributed by atoms with Crippen molar-refractivity contribution in [2.24, 2.45) is 7.05 Å². The topological polar surface area (TPSA) is 74.5 Å². The molecule has 0 aliphatic rings. The van der Waals surface area contributed by atoms with Crippen LogP contribution in [0.4, 0.5) is 5.69 Å². The summed E-state index contributed by atoms with van der Waals surface area (Å²) in [6, 6.07) is 33.8. The van der Waals surface area contributed by atoms with Crippen LogP contribution in [0.15, 0.2) is 120 Å². The number of hydrogen-bond donors (Lipinski definition) is 1. The Morgan fingerprint density at radius 1 is 0.769 bits per heavy atom. The van der Waals surface area contributed by atoms with E-state index in [1.165, 1.54) is 0 Å². The summed E-state index contributed by atoms with van der Waals surface area (Å²) in [4.78, 5) is 13.8. The lowest BCUT2D eigenvalue weighted by Gasteiger charge is -2.29. The first-order chi connectivity index (χ1) is 18.9. The summed E-state index contributed by atoms with van der Waals surface area (Å²) in [5, 5.41) is 3.58. The monoisotopic (exact) mass is 559 g/mol. The first-order valence-electron chi connectivity index (χ1n) is 12.3. The number of hydrogen-bond acceptors (Lipinski definition) is 5. The zero-order valence-corrected chi connectivity index (χ0v) is 23.0.